The Balaban J connectivity index is 0. The molecule has 0 saturated carbocycles. The van der Waals surface area contributed by atoms with Crippen molar-refractivity contribution < 1.29 is 0 Å². The van der Waals surface area contributed by atoms with Gasteiger partial charge in [0.2, 0.25) is 0 Å². The Hall–Kier alpha value is -0.780. The van der Waals surface area contributed by atoms with Crippen molar-refractivity contribution in [2.45, 2.75) is 41.0 Å². The number of hydrogen-bond donors (Lipinski definition) is 0. The lowest BCUT2D eigenvalue weighted by molar-refractivity contribution is 1.40. The van der Waals surface area contributed by atoms with Gasteiger partial charge >= 0.3 is 0 Å². The minimum atomic E-state index is 1.08. The molecule has 0 saturated heterocycles. The van der Waals surface area contributed by atoms with Crippen molar-refractivity contribution in [3.63, 3.8) is 0 Å². The summed E-state index contributed by atoms with van der Waals surface area (Å²) in [4.78, 5) is 0. The summed E-state index contributed by atoms with van der Waals surface area (Å²) in [6.07, 6.45) is 11.7. The van der Waals surface area contributed by atoms with E-state index in [9.17, 15) is 0 Å². The zero-order valence-electron chi connectivity index (χ0n) is 9.09. The highest BCUT2D eigenvalue weighted by atomic mass is 13.9. The van der Waals surface area contributed by atoms with Crippen molar-refractivity contribution in [3.8, 4) is 0 Å². The van der Waals surface area contributed by atoms with Gasteiger partial charge in [0.25, 0.3) is 0 Å². The van der Waals surface area contributed by atoms with Crippen molar-refractivity contribution in [1.29, 1.82) is 0 Å². The van der Waals surface area contributed by atoms with E-state index in [1.54, 1.807) is 0 Å². The van der Waals surface area contributed by atoms with Crippen LogP contribution in [0.1, 0.15) is 41.0 Å². The SMILES string of the molecule is CC.CC.CC1=CC=CCC=C1. The molecule has 0 atom stereocenters. The van der Waals surface area contributed by atoms with Gasteiger partial charge < -0.3 is 0 Å². The van der Waals surface area contributed by atoms with Crippen LogP contribution in [0.4, 0.5) is 0 Å². The fourth-order valence-electron chi connectivity index (χ4n) is 0.686. The van der Waals surface area contributed by atoms with Crippen molar-refractivity contribution in [2.75, 3.05) is 0 Å². The maximum atomic E-state index is 2.16. The van der Waals surface area contributed by atoms with E-state index in [2.05, 4.69) is 37.3 Å². The van der Waals surface area contributed by atoms with E-state index in [0.29, 0.717) is 0 Å². The first-order chi connectivity index (χ1) is 5.89. The van der Waals surface area contributed by atoms with E-state index in [0.717, 1.165) is 6.42 Å². The van der Waals surface area contributed by atoms with Gasteiger partial charge in [0.05, 0.1) is 0 Å². The molecule has 0 spiro atoms. The predicted octanol–water partition coefficient (Wildman–Crippen LogP) is 4.50. The second-order valence-electron chi connectivity index (χ2n) is 1.98. The molecule has 0 aromatic heterocycles. The molecular weight excluding hydrogens is 144 g/mol. The van der Waals surface area contributed by atoms with Crippen LogP contribution in [0, 0.1) is 0 Å². The van der Waals surface area contributed by atoms with Crippen molar-refractivity contribution in [3.05, 3.63) is 36.0 Å². The second-order valence-corrected chi connectivity index (χ2v) is 1.98. The average Bonchev–Trinajstić information content (AvgIpc) is 2.40. The summed E-state index contributed by atoms with van der Waals surface area (Å²) >= 11 is 0. The van der Waals surface area contributed by atoms with Gasteiger partial charge in [-0.3, -0.25) is 0 Å². The Kier molecular flexibility index (Phi) is 14.8. The van der Waals surface area contributed by atoms with Crippen LogP contribution < -0.4 is 0 Å². The smallest absolute Gasteiger partial charge is 0.0163 e. The summed E-state index contributed by atoms with van der Waals surface area (Å²) in [6, 6.07) is 0. The Morgan fingerprint density at radius 3 is 2.17 bits per heavy atom. The van der Waals surface area contributed by atoms with Gasteiger partial charge in [0, 0.05) is 0 Å². The molecule has 0 N–H and O–H groups in total. The van der Waals surface area contributed by atoms with E-state index in [1.165, 1.54) is 5.57 Å². The Morgan fingerprint density at radius 2 is 1.58 bits per heavy atom. The molecule has 0 nitrogen and oxygen atoms in total. The van der Waals surface area contributed by atoms with E-state index in [-0.39, 0.29) is 0 Å². The molecule has 1 aliphatic rings. The summed E-state index contributed by atoms with van der Waals surface area (Å²) in [7, 11) is 0. The van der Waals surface area contributed by atoms with Gasteiger partial charge in [-0.05, 0) is 13.3 Å². The molecule has 0 amide bonds. The fraction of sp³-hybridized carbons (Fsp3) is 0.500. The monoisotopic (exact) mass is 166 g/mol. The van der Waals surface area contributed by atoms with Crippen LogP contribution in [-0.2, 0) is 0 Å². The third-order valence-electron chi connectivity index (χ3n) is 1.15. The number of allylic oxidation sites excluding steroid dienone is 6. The first kappa shape index (κ1) is 13.8. The van der Waals surface area contributed by atoms with Gasteiger partial charge in [-0.15, -0.1) is 0 Å². The van der Waals surface area contributed by atoms with Crippen LogP contribution in [0.25, 0.3) is 0 Å². The topological polar surface area (TPSA) is 0 Å². The molecule has 0 heteroatoms. The summed E-state index contributed by atoms with van der Waals surface area (Å²) in [5.74, 6) is 0. The summed E-state index contributed by atoms with van der Waals surface area (Å²) in [6.45, 7) is 10.1. The maximum Gasteiger partial charge on any atom is -0.0163 e. The van der Waals surface area contributed by atoms with Crippen molar-refractivity contribution in [1.82, 2.24) is 0 Å². The van der Waals surface area contributed by atoms with Crippen LogP contribution in [-0.4, -0.2) is 0 Å². The van der Waals surface area contributed by atoms with E-state index < -0.39 is 0 Å². The summed E-state index contributed by atoms with van der Waals surface area (Å²) in [5, 5.41) is 0. The lowest BCUT2D eigenvalue weighted by atomic mass is 10.3. The molecule has 0 fully saturated rings. The van der Waals surface area contributed by atoms with Gasteiger partial charge in [-0.1, -0.05) is 63.6 Å². The average molecular weight is 166 g/mol. The molecule has 0 radical (unpaired) electrons. The van der Waals surface area contributed by atoms with Gasteiger partial charge in [0.15, 0.2) is 0 Å². The molecule has 0 aromatic rings. The van der Waals surface area contributed by atoms with Gasteiger partial charge in [-0.25, -0.2) is 0 Å². The van der Waals surface area contributed by atoms with E-state index >= 15 is 0 Å². The number of hydrogen-bond acceptors (Lipinski definition) is 0. The molecule has 0 bridgehead atoms. The molecule has 1 aliphatic carbocycles. The van der Waals surface area contributed by atoms with Crippen LogP contribution in [0.2, 0.25) is 0 Å². The summed E-state index contributed by atoms with van der Waals surface area (Å²) in [5.41, 5.74) is 1.33. The van der Waals surface area contributed by atoms with Crippen molar-refractivity contribution >= 4 is 0 Å². The molecule has 0 aromatic carbocycles. The third-order valence-corrected chi connectivity index (χ3v) is 1.15. The molecule has 0 aliphatic heterocycles. The van der Waals surface area contributed by atoms with Crippen LogP contribution >= 0.6 is 0 Å². The first-order valence-corrected chi connectivity index (χ1v) is 4.89. The fourth-order valence-corrected chi connectivity index (χ4v) is 0.686. The predicted molar refractivity (Wildman–Crippen MR) is 59.4 cm³/mol. The molecular formula is C12H22. The molecule has 70 valence electrons. The minimum Gasteiger partial charge on any atom is -0.0807 e. The quantitative estimate of drug-likeness (QED) is 0.497. The maximum absolute atomic E-state index is 2.16. The Labute approximate surface area is 77.7 Å². The van der Waals surface area contributed by atoms with Crippen molar-refractivity contribution in [2.24, 2.45) is 0 Å². The molecule has 0 heterocycles. The largest absolute Gasteiger partial charge is 0.0807 e. The lowest BCUT2D eigenvalue weighted by Gasteiger charge is -1.80. The molecule has 1 rings (SSSR count). The Morgan fingerprint density at radius 1 is 1.00 bits per heavy atom. The highest BCUT2D eigenvalue weighted by Crippen LogP contribution is 2.01. The van der Waals surface area contributed by atoms with Crippen LogP contribution in [0.5, 0.6) is 0 Å². The van der Waals surface area contributed by atoms with Gasteiger partial charge in [-0.2, -0.15) is 0 Å². The first-order valence-electron chi connectivity index (χ1n) is 4.89. The van der Waals surface area contributed by atoms with E-state index in [1.807, 2.05) is 27.7 Å². The second kappa shape index (κ2) is 12.9. The van der Waals surface area contributed by atoms with E-state index in [4.69, 9.17) is 0 Å². The minimum absolute atomic E-state index is 1.08. The lowest BCUT2D eigenvalue weighted by Crippen LogP contribution is -1.60. The normalized spacial score (nSPS) is 12.9. The Bertz CT molecular complexity index is 147. The zero-order chi connectivity index (χ0) is 9.82. The highest BCUT2D eigenvalue weighted by molar-refractivity contribution is 5.24. The number of rotatable bonds is 0. The third kappa shape index (κ3) is 9.22. The summed E-state index contributed by atoms with van der Waals surface area (Å²) < 4.78 is 0. The molecule has 12 heavy (non-hydrogen) atoms. The van der Waals surface area contributed by atoms with Gasteiger partial charge in [0.1, 0.15) is 0 Å². The molecule has 0 unspecified atom stereocenters. The van der Waals surface area contributed by atoms with Crippen LogP contribution in [0.15, 0.2) is 36.0 Å². The standard InChI is InChI=1S/C8H10.2C2H6/c1-8-6-4-2-3-5-7-8;2*1-2/h2,4-7H,3H2,1H3;2*1-2H3. The van der Waals surface area contributed by atoms with Crippen LogP contribution in [0.3, 0.4) is 0 Å². The zero-order valence-corrected chi connectivity index (χ0v) is 9.09. The highest BCUT2D eigenvalue weighted by Gasteiger charge is 1.80.